The van der Waals surface area contributed by atoms with E-state index in [4.69, 9.17) is 9.84 Å². The number of hydrogen-bond donors (Lipinski definition) is 2. The largest absolute Gasteiger partial charge is 0.478 e. The Bertz CT molecular complexity index is 1060. The topological polar surface area (TPSA) is 75.6 Å². The molecule has 0 fully saturated rings. The van der Waals surface area contributed by atoms with Crippen LogP contribution >= 0.6 is 0 Å². The highest BCUT2D eigenvalue weighted by Gasteiger charge is 2.37. The lowest BCUT2D eigenvalue weighted by molar-refractivity contribution is -0.143. The summed E-state index contributed by atoms with van der Waals surface area (Å²) in [6, 6.07) is 5.67. The highest BCUT2D eigenvalue weighted by Crippen LogP contribution is 2.36. The first-order chi connectivity index (χ1) is 15.3. The van der Waals surface area contributed by atoms with E-state index in [0.717, 1.165) is 17.2 Å². The quantitative estimate of drug-likeness (QED) is 0.429. The fraction of sp³-hybridized carbons (Fsp3) is 0.273. The fourth-order valence-electron chi connectivity index (χ4n) is 3.49. The molecule has 1 aliphatic carbocycles. The van der Waals surface area contributed by atoms with E-state index in [1.165, 1.54) is 6.08 Å². The third-order valence-corrected chi connectivity index (χ3v) is 4.97. The minimum absolute atomic E-state index is 0.00105. The summed E-state index contributed by atoms with van der Waals surface area (Å²) in [6.07, 6.45) is -7.50. The van der Waals surface area contributed by atoms with Gasteiger partial charge in [-0.05, 0) is 59.4 Å². The minimum Gasteiger partial charge on any atom is -0.478 e. The van der Waals surface area contributed by atoms with Crippen LogP contribution in [0.25, 0.3) is 6.08 Å². The van der Waals surface area contributed by atoms with Crippen LogP contribution in [0, 0.1) is 0 Å². The molecule has 0 radical (unpaired) electrons. The number of aliphatic carboxylic acids is 1. The van der Waals surface area contributed by atoms with Crippen LogP contribution in [0.1, 0.15) is 45.8 Å². The zero-order chi connectivity index (χ0) is 24.4. The number of alkyl halides is 6. The SMILES string of the molecule is O=C(O)/C=C/c1ccc2c(c1)CCC2NC(=O)OCc1cc(C(F)(F)F)cc(C(F)(F)F)c1. The smallest absolute Gasteiger partial charge is 0.416 e. The van der Waals surface area contributed by atoms with Gasteiger partial charge in [-0.1, -0.05) is 18.2 Å². The van der Waals surface area contributed by atoms with E-state index in [1.54, 1.807) is 18.2 Å². The van der Waals surface area contributed by atoms with E-state index in [2.05, 4.69) is 5.32 Å². The van der Waals surface area contributed by atoms with Gasteiger partial charge in [-0.25, -0.2) is 9.59 Å². The Kier molecular flexibility index (Phi) is 6.71. The number of carbonyl (C=O) groups is 2. The lowest BCUT2D eigenvalue weighted by Crippen LogP contribution is -2.27. The summed E-state index contributed by atoms with van der Waals surface area (Å²) < 4.78 is 82.5. The molecular weight excluding hydrogens is 456 g/mol. The van der Waals surface area contributed by atoms with Gasteiger partial charge in [-0.2, -0.15) is 26.3 Å². The van der Waals surface area contributed by atoms with Gasteiger partial charge in [0.2, 0.25) is 0 Å². The lowest BCUT2D eigenvalue weighted by atomic mass is 10.0. The van der Waals surface area contributed by atoms with E-state index >= 15 is 0 Å². The Morgan fingerprint density at radius 2 is 1.67 bits per heavy atom. The van der Waals surface area contributed by atoms with Crippen LogP contribution in [0.2, 0.25) is 0 Å². The van der Waals surface area contributed by atoms with Gasteiger partial charge in [0.1, 0.15) is 6.61 Å². The zero-order valence-electron chi connectivity index (χ0n) is 16.8. The molecule has 1 atom stereocenters. The van der Waals surface area contributed by atoms with Crippen molar-refractivity contribution in [2.24, 2.45) is 0 Å². The van der Waals surface area contributed by atoms with Crippen molar-refractivity contribution in [3.63, 3.8) is 0 Å². The van der Waals surface area contributed by atoms with Crippen molar-refractivity contribution in [3.8, 4) is 0 Å². The van der Waals surface area contributed by atoms with Gasteiger partial charge >= 0.3 is 24.4 Å². The molecule has 0 bridgehead atoms. The van der Waals surface area contributed by atoms with Crippen LogP contribution in [0.4, 0.5) is 31.1 Å². The van der Waals surface area contributed by atoms with Crippen molar-refractivity contribution in [2.75, 3.05) is 0 Å². The fourth-order valence-corrected chi connectivity index (χ4v) is 3.49. The number of halogens is 6. The third-order valence-electron chi connectivity index (χ3n) is 4.97. The highest BCUT2D eigenvalue weighted by atomic mass is 19.4. The molecule has 2 aromatic rings. The number of carboxylic acid groups (broad SMARTS) is 1. The lowest BCUT2D eigenvalue weighted by Gasteiger charge is -2.16. The van der Waals surface area contributed by atoms with Crippen LogP contribution in [-0.4, -0.2) is 17.2 Å². The van der Waals surface area contributed by atoms with Crippen LogP contribution in [0.3, 0.4) is 0 Å². The first-order valence-electron chi connectivity index (χ1n) is 9.58. The first-order valence-corrected chi connectivity index (χ1v) is 9.58. The Labute approximate surface area is 183 Å². The monoisotopic (exact) mass is 473 g/mol. The third kappa shape index (κ3) is 6.27. The molecule has 2 N–H and O–H groups in total. The molecule has 0 heterocycles. The Morgan fingerprint density at radius 3 is 2.24 bits per heavy atom. The first kappa shape index (κ1) is 24.1. The summed E-state index contributed by atoms with van der Waals surface area (Å²) in [5.74, 6) is -1.10. The van der Waals surface area contributed by atoms with Crippen molar-refractivity contribution in [1.29, 1.82) is 0 Å². The van der Waals surface area contributed by atoms with Gasteiger partial charge < -0.3 is 15.2 Å². The van der Waals surface area contributed by atoms with Crippen LogP contribution in [0.5, 0.6) is 0 Å². The number of alkyl carbamates (subject to hydrolysis) is 1. The number of carbonyl (C=O) groups excluding carboxylic acids is 1. The zero-order valence-corrected chi connectivity index (χ0v) is 16.8. The second-order valence-corrected chi connectivity index (χ2v) is 7.36. The van der Waals surface area contributed by atoms with Gasteiger partial charge in [0.05, 0.1) is 17.2 Å². The van der Waals surface area contributed by atoms with Crippen molar-refractivity contribution >= 4 is 18.1 Å². The standard InChI is InChI=1S/C22H17F6NO4/c23-21(24,25)15-8-13(9-16(10-15)22(26,27)28)11-33-20(32)29-18-5-3-14-7-12(1-4-17(14)18)2-6-19(30)31/h1-2,4,6-10,18H,3,5,11H2,(H,29,32)(H,30,31)/b6-2+. The van der Waals surface area contributed by atoms with E-state index in [1.807, 2.05) is 0 Å². The number of aryl methyl sites for hydroxylation is 1. The maximum atomic E-state index is 12.9. The predicted molar refractivity (Wildman–Crippen MR) is 104 cm³/mol. The number of hydrogen-bond acceptors (Lipinski definition) is 3. The summed E-state index contributed by atoms with van der Waals surface area (Å²) in [5.41, 5.74) is -1.14. The summed E-state index contributed by atoms with van der Waals surface area (Å²) in [4.78, 5) is 22.8. The van der Waals surface area contributed by atoms with Crippen LogP contribution in [0.15, 0.2) is 42.5 Å². The van der Waals surface area contributed by atoms with E-state index in [-0.39, 0.29) is 6.07 Å². The van der Waals surface area contributed by atoms with E-state index < -0.39 is 53.8 Å². The van der Waals surface area contributed by atoms with Gasteiger partial charge in [-0.15, -0.1) is 0 Å². The molecule has 11 heteroatoms. The maximum absolute atomic E-state index is 12.9. The van der Waals surface area contributed by atoms with Crippen molar-refractivity contribution < 1.29 is 45.8 Å². The van der Waals surface area contributed by atoms with Crippen molar-refractivity contribution in [2.45, 2.75) is 37.8 Å². The number of nitrogens with one attached hydrogen (secondary N) is 1. The minimum atomic E-state index is -5.00. The van der Waals surface area contributed by atoms with Crippen LogP contribution in [-0.2, 0) is 34.9 Å². The second-order valence-electron chi connectivity index (χ2n) is 7.36. The molecule has 5 nitrogen and oxygen atoms in total. The molecule has 0 saturated carbocycles. The number of rotatable bonds is 5. The molecule has 0 aromatic heterocycles. The molecular formula is C22H17F6NO4. The molecule has 176 valence electrons. The number of amides is 1. The van der Waals surface area contributed by atoms with E-state index in [9.17, 15) is 35.9 Å². The van der Waals surface area contributed by atoms with Gasteiger partial charge in [0, 0.05) is 6.08 Å². The average molecular weight is 473 g/mol. The van der Waals surface area contributed by atoms with Gasteiger partial charge in [-0.3, -0.25) is 0 Å². The van der Waals surface area contributed by atoms with Crippen LogP contribution < -0.4 is 5.32 Å². The van der Waals surface area contributed by atoms with Crippen molar-refractivity contribution in [1.82, 2.24) is 5.32 Å². The Morgan fingerprint density at radius 1 is 1.03 bits per heavy atom. The molecule has 0 aliphatic heterocycles. The number of benzene rings is 2. The van der Waals surface area contributed by atoms with Gasteiger partial charge in [0.25, 0.3) is 0 Å². The summed E-state index contributed by atoms with van der Waals surface area (Å²) in [7, 11) is 0. The van der Waals surface area contributed by atoms with Gasteiger partial charge in [0.15, 0.2) is 0 Å². The summed E-state index contributed by atoms with van der Waals surface area (Å²) in [5, 5.41) is 11.2. The highest BCUT2D eigenvalue weighted by molar-refractivity contribution is 5.85. The molecule has 1 amide bonds. The predicted octanol–water partition coefficient (Wildman–Crippen LogP) is 5.74. The Balaban J connectivity index is 1.67. The maximum Gasteiger partial charge on any atom is 0.416 e. The van der Waals surface area contributed by atoms with E-state index in [0.29, 0.717) is 30.5 Å². The molecule has 0 spiro atoms. The number of carboxylic acids is 1. The van der Waals surface area contributed by atoms with Crippen molar-refractivity contribution in [3.05, 3.63) is 75.9 Å². The molecule has 1 aliphatic rings. The number of ether oxygens (including phenoxy) is 1. The average Bonchev–Trinajstić information content (AvgIpc) is 3.11. The Hall–Kier alpha value is -3.50. The molecule has 0 saturated heterocycles. The number of fused-ring (bicyclic) bond motifs is 1. The molecule has 1 unspecified atom stereocenters. The second kappa shape index (κ2) is 9.16. The molecule has 33 heavy (non-hydrogen) atoms. The normalized spacial score (nSPS) is 16.0. The summed E-state index contributed by atoms with van der Waals surface area (Å²) in [6.45, 7) is -0.780. The molecule has 3 rings (SSSR count). The molecule has 2 aromatic carbocycles. The summed E-state index contributed by atoms with van der Waals surface area (Å²) >= 11 is 0.